The fraction of sp³-hybridized carbons (Fsp3) is 0.222. The summed E-state index contributed by atoms with van der Waals surface area (Å²) in [6.07, 6.45) is 4.44. The number of hydrogen-bond donors (Lipinski definition) is 3. The van der Waals surface area contributed by atoms with Gasteiger partial charge in [-0.25, -0.2) is 0 Å². The van der Waals surface area contributed by atoms with Gasteiger partial charge < -0.3 is 15.8 Å². The maximum absolute atomic E-state index is 9.74. The van der Waals surface area contributed by atoms with E-state index < -0.39 is 6.10 Å². The van der Waals surface area contributed by atoms with Gasteiger partial charge in [0.25, 0.3) is 0 Å². The Hall–Kier alpha value is -1.75. The van der Waals surface area contributed by atoms with Crippen LogP contribution in [-0.2, 0) is 6.54 Å². The van der Waals surface area contributed by atoms with Crippen molar-refractivity contribution in [1.82, 2.24) is 14.8 Å². The number of aromatic nitrogens is 3. The van der Waals surface area contributed by atoms with Gasteiger partial charge in [-0.3, -0.25) is 4.68 Å². The zero-order chi connectivity index (χ0) is 9.97. The summed E-state index contributed by atoms with van der Waals surface area (Å²) >= 11 is 0. The maximum atomic E-state index is 9.74. The summed E-state index contributed by atoms with van der Waals surface area (Å²) < 4.78 is 1.61. The van der Waals surface area contributed by atoms with Crippen molar-refractivity contribution in [2.24, 2.45) is 0 Å². The zero-order valence-electron chi connectivity index (χ0n) is 7.59. The van der Waals surface area contributed by atoms with Crippen molar-refractivity contribution in [1.29, 1.82) is 0 Å². The van der Waals surface area contributed by atoms with Gasteiger partial charge in [0.1, 0.15) is 6.10 Å². The minimum Gasteiger partial charge on any atom is -0.396 e. The molecule has 2 aromatic heterocycles. The number of hydrogen-bond acceptors (Lipinski definition) is 3. The number of rotatable bonds is 3. The largest absolute Gasteiger partial charge is 0.396 e. The molecule has 2 rings (SSSR count). The summed E-state index contributed by atoms with van der Waals surface area (Å²) in [7, 11) is 0. The van der Waals surface area contributed by atoms with Crippen LogP contribution in [0, 0.1) is 0 Å². The van der Waals surface area contributed by atoms with Crippen LogP contribution in [0.3, 0.4) is 0 Å². The first-order valence-corrected chi connectivity index (χ1v) is 4.35. The molecule has 4 N–H and O–H groups in total. The van der Waals surface area contributed by atoms with Crippen molar-refractivity contribution < 1.29 is 5.11 Å². The van der Waals surface area contributed by atoms with Crippen LogP contribution >= 0.6 is 0 Å². The third-order valence-corrected chi connectivity index (χ3v) is 1.99. The molecule has 0 aliphatic carbocycles. The van der Waals surface area contributed by atoms with Crippen LogP contribution in [0.5, 0.6) is 0 Å². The fourth-order valence-corrected chi connectivity index (χ4v) is 1.31. The van der Waals surface area contributed by atoms with Gasteiger partial charge in [0.05, 0.1) is 18.4 Å². The predicted octanol–water partition coefficient (Wildman–Crippen LogP) is 0.527. The second-order valence-electron chi connectivity index (χ2n) is 3.14. The topological polar surface area (TPSA) is 79.9 Å². The molecular formula is C9H12N4O. The average Bonchev–Trinajstić information content (AvgIpc) is 2.75. The van der Waals surface area contributed by atoms with Crippen molar-refractivity contribution in [3.63, 3.8) is 0 Å². The maximum Gasteiger partial charge on any atom is 0.113 e. The van der Waals surface area contributed by atoms with Crippen molar-refractivity contribution in [2.75, 3.05) is 5.73 Å². The molecule has 0 radical (unpaired) electrons. The smallest absolute Gasteiger partial charge is 0.113 e. The molecular weight excluding hydrogens is 180 g/mol. The van der Waals surface area contributed by atoms with E-state index in [0.717, 1.165) is 5.69 Å². The number of nitrogens with one attached hydrogen (secondary N) is 1. The second kappa shape index (κ2) is 3.55. The van der Waals surface area contributed by atoms with Crippen LogP contribution in [-0.4, -0.2) is 19.9 Å². The monoisotopic (exact) mass is 192 g/mol. The van der Waals surface area contributed by atoms with Gasteiger partial charge in [0.15, 0.2) is 0 Å². The molecule has 0 fully saturated rings. The van der Waals surface area contributed by atoms with Crippen LogP contribution < -0.4 is 5.73 Å². The van der Waals surface area contributed by atoms with Crippen LogP contribution in [0.15, 0.2) is 30.7 Å². The quantitative estimate of drug-likeness (QED) is 0.663. The Labute approximate surface area is 81.2 Å². The Morgan fingerprint density at radius 3 is 3.07 bits per heavy atom. The lowest BCUT2D eigenvalue weighted by Gasteiger charge is -2.08. The van der Waals surface area contributed by atoms with Crippen LogP contribution in [0.2, 0.25) is 0 Å². The summed E-state index contributed by atoms with van der Waals surface area (Å²) in [5.41, 5.74) is 6.88. The summed E-state index contributed by atoms with van der Waals surface area (Å²) in [5, 5.41) is 13.7. The number of aliphatic hydroxyl groups excluding tert-OH is 1. The third kappa shape index (κ3) is 1.77. The predicted molar refractivity (Wildman–Crippen MR) is 52.4 cm³/mol. The molecule has 0 spiro atoms. The number of aromatic amines is 1. The molecule has 0 bridgehead atoms. The number of nitrogen functional groups attached to an aromatic ring is 1. The van der Waals surface area contributed by atoms with E-state index in [-0.39, 0.29) is 0 Å². The lowest BCUT2D eigenvalue weighted by atomic mass is 10.2. The molecule has 0 aliphatic rings. The molecule has 74 valence electrons. The molecule has 5 heteroatoms. The Balaban J connectivity index is 2.05. The van der Waals surface area contributed by atoms with Gasteiger partial charge >= 0.3 is 0 Å². The first-order valence-electron chi connectivity index (χ1n) is 4.35. The second-order valence-corrected chi connectivity index (χ2v) is 3.14. The number of H-pyrrole nitrogens is 1. The minimum absolute atomic E-state index is 0.401. The zero-order valence-corrected chi connectivity index (χ0v) is 7.59. The highest BCUT2D eigenvalue weighted by atomic mass is 16.3. The van der Waals surface area contributed by atoms with E-state index in [0.29, 0.717) is 12.2 Å². The SMILES string of the molecule is Nc1cnn(CC(O)c2ccc[nH]2)c1. The molecule has 2 heterocycles. The molecule has 1 unspecified atom stereocenters. The van der Waals surface area contributed by atoms with E-state index >= 15 is 0 Å². The summed E-state index contributed by atoms with van der Waals surface area (Å²) in [5.74, 6) is 0. The minimum atomic E-state index is -0.579. The summed E-state index contributed by atoms with van der Waals surface area (Å²) in [6, 6.07) is 3.67. The summed E-state index contributed by atoms with van der Waals surface area (Å²) in [6.45, 7) is 0.401. The van der Waals surface area contributed by atoms with E-state index in [1.165, 1.54) is 0 Å². The molecule has 0 aromatic carbocycles. The highest BCUT2D eigenvalue weighted by molar-refractivity contribution is 5.30. The van der Waals surface area contributed by atoms with Gasteiger partial charge in [-0.15, -0.1) is 0 Å². The number of anilines is 1. The Morgan fingerprint density at radius 2 is 2.50 bits per heavy atom. The highest BCUT2D eigenvalue weighted by Gasteiger charge is 2.08. The Kier molecular flexibility index (Phi) is 2.24. The van der Waals surface area contributed by atoms with E-state index in [1.807, 2.05) is 12.1 Å². The van der Waals surface area contributed by atoms with Crippen LogP contribution in [0.1, 0.15) is 11.8 Å². The average molecular weight is 192 g/mol. The Morgan fingerprint density at radius 1 is 1.64 bits per heavy atom. The number of aliphatic hydroxyl groups is 1. The number of nitrogens with zero attached hydrogens (tertiary/aromatic N) is 2. The molecule has 5 nitrogen and oxygen atoms in total. The highest BCUT2D eigenvalue weighted by Crippen LogP contribution is 2.12. The summed E-state index contributed by atoms with van der Waals surface area (Å²) in [4.78, 5) is 2.94. The van der Waals surface area contributed by atoms with Crippen molar-refractivity contribution >= 4 is 5.69 Å². The van der Waals surface area contributed by atoms with Crippen molar-refractivity contribution in [3.05, 3.63) is 36.4 Å². The van der Waals surface area contributed by atoms with E-state index in [2.05, 4.69) is 10.1 Å². The van der Waals surface area contributed by atoms with Gasteiger partial charge in [-0.1, -0.05) is 0 Å². The van der Waals surface area contributed by atoms with Crippen LogP contribution in [0.25, 0.3) is 0 Å². The third-order valence-electron chi connectivity index (χ3n) is 1.99. The van der Waals surface area contributed by atoms with Gasteiger partial charge in [-0.2, -0.15) is 5.10 Å². The standard InChI is InChI=1S/C9H12N4O/c10-7-4-12-13(5-7)6-9(14)8-2-1-3-11-8/h1-5,9,11,14H,6,10H2. The van der Waals surface area contributed by atoms with Gasteiger partial charge in [-0.05, 0) is 12.1 Å². The van der Waals surface area contributed by atoms with Crippen molar-refractivity contribution in [2.45, 2.75) is 12.6 Å². The van der Waals surface area contributed by atoms with Gasteiger partial charge in [0, 0.05) is 18.1 Å². The van der Waals surface area contributed by atoms with Crippen molar-refractivity contribution in [3.8, 4) is 0 Å². The molecule has 0 aliphatic heterocycles. The molecule has 2 aromatic rings. The van der Waals surface area contributed by atoms with Gasteiger partial charge in [0.2, 0.25) is 0 Å². The lowest BCUT2D eigenvalue weighted by Crippen LogP contribution is -2.09. The lowest BCUT2D eigenvalue weighted by molar-refractivity contribution is 0.147. The van der Waals surface area contributed by atoms with Crippen LogP contribution in [0.4, 0.5) is 5.69 Å². The first kappa shape index (κ1) is 8.83. The first-order chi connectivity index (χ1) is 6.75. The molecule has 0 saturated heterocycles. The Bertz CT molecular complexity index is 393. The van der Waals surface area contributed by atoms with E-state index in [1.54, 1.807) is 23.3 Å². The molecule has 14 heavy (non-hydrogen) atoms. The number of nitrogens with two attached hydrogens (primary N) is 1. The molecule has 1 atom stereocenters. The molecule has 0 amide bonds. The van der Waals surface area contributed by atoms with E-state index in [9.17, 15) is 5.11 Å². The molecule has 0 saturated carbocycles. The fourth-order valence-electron chi connectivity index (χ4n) is 1.31. The normalized spacial score (nSPS) is 12.9. The van der Waals surface area contributed by atoms with E-state index in [4.69, 9.17) is 5.73 Å².